The molecule has 1 aliphatic rings. The first-order valence-electron chi connectivity index (χ1n) is 9.83. The minimum atomic E-state index is 0.0833. The summed E-state index contributed by atoms with van der Waals surface area (Å²) in [4.78, 5) is 22.4. The Bertz CT molecular complexity index is 964. The summed E-state index contributed by atoms with van der Waals surface area (Å²) in [5.41, 5.74) is 5.34. The zero-order chi connectivity index (χ0) is 19.5. The molecule has 1 aromatic heterocycles. The number of aromatic amines is 1. The van der Waals surface area contributed by atoms with E-state index in [1.165, 1.54) is 11.1 Å². The molecular formula is C23H26N4O. The first-order valence-corrected chi connectivity index (χ1v) is 9.83. The standard InChI is InChI=1S/C23H26N4O/c1-16-8-9-20(13-17(16)2)26-21-7-4-12-27(15-21)23(28)19-6-3-5-18(14-19)22-24-10-11-25-22/h3,5-6,8-11,13-14,21,26H,4,7,12,15H2,1-2H3,(H,24,25)/t21-/m1/s1. The van der Waals surface area contributed by atoms with Crippen molar-refractivity contribution in [1.29, 1.82) is 0 Å². The molecule has 5 nitrogen and oxygen atoms in total. The number of piperidine rings is 1. The predicted octanol–water partition coefficient (Wildman–Crippen LogP) is 4.41. The van der Waals surface area contributed by atoms with Crippen molar-refractivity contribution < 1.29 is 4.79 Å². The molecule has 5 heteroatoms. The molecule has 0 unspecified atom stereocenters. The molecule has 2 aromatic carbocycles. The average molecular weight is 374 g/mol. The van der Waals surface area contributed by atoms with Crippen molar-refractivity contribution in [2.24, 2.45) is 0 Å². The van der Waals surface area contributed by atoms with Crippen LogP contribution in [-0.2, 0) is 0 Å². The number of carbonyl (C=O) groups excluding carboxylic acids is 1. The average Bonchev–Trinajstić information content (AvgIpc) is 3.25. The lowest BCUT2D eigenvalue weighted by Gasteiger charge is -2.34. The number of benzene rings is 2. The summed E-state index contributed by atoms with van der Waals surface area (Å²) in [6.45, 7) is 5.77. The number of aromatic nitrogens is 2. The van der Waals surface area contributed by atoms with E-state index < -0.39 is 0 Å². The van der Waals surface area contributed by atoms with Gasteiger partial charge in [-0.05, 0) is 62.1 Å². The number of anilines is 1. The van der Waals surface area contributed by atoms with E-state index in [1.807, 2.05) is 29.2 Å². The summed E-state index contributed by atoms with van der Waals surface area (Å²) in [6.07, 6.45) is 5.59. The van der Waals surface area contributed by atoms with Crippen molar-refractivity contribution in [3.05, 3.63) is 71.5 Å². The number of H-pyrrole nitrogens is 1. The van der Waals surface area contributed by atoms with Gasteiger partial charge in [0.1, 0.15) is 5.82 Å². The third kappa shape index (κ3) is 3.93. The van der Waals surface area contributed by atoms with Crippen LogP contribution in [0, 0.1) is 13.8 Å². The minimum Gasteiger partial charge on any atom is -0.381 e. The van der Waals surface area contributed by atoms with E-state index in [-0.39, 0.29) is 11.9 Å². The van der Waals surface area contributed by atoms with Crippen LogP contribution < -0.4 is 5.32 Å². The van der Waals surface area contributed by atoms with Crippen molar-refractivity contribution in [2.75, 3.05) is 18.4 Å². The number of carbonyl (C=O) groups is 1. The Kier molecular flexibility index (Phi) is 5.15. The molecule has 0 saturated carbocycles. The highest BCUT2D eigenvalue weighted by molar-refractivity contribution is 5.95. The molecule has 2 N–H and O–H groups in total. The number of rotatable bonds is 4. The van der Waals surface area contributed by atoms with Gasteiger partial charge in [-0.25, -0.2) is 4.98 Å². The fourth-order valence-corrected chi connectivity index (χ4v) is 3.75. The molecular weight excluding hydrogens is 348 g/mol. The summed E-state index contributed by atoms with van der Waals surface area (Å²) in [5, 5.41) is 3.61. The lowest BCUT2D eigenvalue weighted by molar-refractivity contribution is 0.0715. The Morgan fingerprint density at radius 2 is 2.07 bits per heavy atom. The molecule has 1 atom stereocenters. The molecule has 1 aliphatic heterocycles. The molecule has 28 heavy (non-hydrogen) atoms. The van der Waals surface area contributed by atoms with Crippen LogP contribution in [0.3, 0.4) is 0 Å². The highest BCUT2D eigenvalue weighted by Crippen LogP contribution is 2.22. The van der Waals surface area contributed by atoms with Crippen LogP contribution in [0.2, 0.25) is 0 Å². The second-order valence-electron chi connectivity index (χ2n) is 7.55. The molecule has 144 valence electrons. The maximum Gasteiger partial charge on any atom is 0.253 e. The Hall–Kier alpha value is -3.08. The lowest BCUT2D eigenvalue weighted by atomic mass is 10.0. The third-order valence-electron chi connectivity index (χ3n) is 5.47. The van der Waals surface area contributed by atoms with Gasteiger partial charge in [0.05, 0.1) is 0 Å². The van der Waals surface area contributed by atoms with E-state index >= 15 is 0 Å². The van der Waals surface area contributed by atoms with Crippen molar-refractivity contribution in [2.45, 2.75) is 32.7 Å². The van der Waals surface area contributed by atoms with Crippen LogP contribution in [0.1, 0.15) is 34.3 Å². The van der Waals surface area contributed by atoms with E-state index in [2.05, 4.69) is 47.3 Å². The monoisotopic (exact) mass is 374 g/mol. The molecule has 1 saturated heterocycles. The van der Waals surface area contributed by atoms with Crippen molar-refractivity contribution in [3.63, 3.8) is 0 Å². The van der Waals surface area contributed by atoms with Gasteiger partial charge < -0.3 is 15.2 Å². The zero-order valence-corrected chi connectivity index (χ0v) is 16.4. The molecule has 1 amide bonds. The van der Waals surface area contributed by atoms with Crippen LogP contribution in [-0.4, -0.2) is 39.9 Å². The van der Waals surface area contributed by atoms with Gasteiger partial charge in [-0.15, -0.1) is 0 Å². The quantitative estimate of drug-likeness (QED) is 0.711. The van der Waals surface area contributed by atoms with Gasteiger partial charge in [-0.2, -0.15) is 0 Å². The third-order valence-corrected chi connectivity index (χ3v) is 5.47. The SMILES string of the molecule is Cc1ccc(N[C@@H]2CCCN(C(=O)c3cccc(-c4ncc[nH]4)c3)C2)cc1C. The largest absolute Gasteiger partial charge is 0.381 e. The second-order valence-corrected chi connectivity index (χ2v) is 7.55. The summed E-state index contributed by atoms with van der Waals surface area (Å²) in [7, 11) is 0. The van der Waals surface area contributed by atoms with Crippen LogP contribution in [0.4, 0.5) is 5.69 Å². The first kappa shape index (κ1) is 18.3. The Morgan fingerprint density at radius 3 is 2.86 bits per heavy atom. The zero-order valence-electron chi connectivity index (χ0n) is 16.4. The van der Waals surface area contributed by atoms with E-state index in [9.17, 15) is 4.79 Å². The number of likely N-dealkylation sites (tertiary alicyclic amines) is 1. The molecule has 1 fully saturated rings. The van der Waals surface area contributed by atoms with E-state index in [4.69, 9.17) is 0 Å². The maximum absolute atomic E-state index is 13.1. The molecule has 0 aliphatic carbocycles. The van der Waals surface area contributed by atoms with Crippen molar-refractivity contribution >= 4 is 11.6 Å². The van der Waals surface area contributed by atoms with Gasteiger partial charge in [-0.1, -0.05) is 18.2 Å². The summed E-state index contributed by atoms with van der Waals surface area (Å²) in [6, 6.07) is 14.4. The highest BCUT2D eigenvalue weighted by Gasteiger charge is 2.24. The Labute approximate surface area is 165 Å². The van der Waals surface area contributed by atoms with Gasteiger partial charge in [-0.3, -0.25) is 4.79 Å². The van der Waals surface area contributed by atoms with Crippen LogP contribution in [0.5, 0.6) is 0 Å². The van der Waals surface area contributed by atoms with E-state index in [0.29, 0.717) is 5.56 Å². The summed E-state index contributed by atoms with van der Waals surface area (Å²) < 4.78 is 0. The van der Waals surface area contributed by atoms with Gasteiger partial charge >= 0.3 is 0 Å². The van der Waals surface area contributed by atoms with Crippen molar-refractivity contribution in [1.82, 2.24) is 14.9 Å². The number of aryl methyl sites for hydroxylation is 2. The number of hydrogen-bond donors (Lipinski definition) is 2. The van der Waals surface area contributed by atoms with Gasteiger partial charge in [0, 0.05) is 48.3 Å². The molecule has 2 heterocycles. The van der Waals surface area contributed by atoms with Crippen LogP contribution in [0.15, 0.2) is 54.9 Å². The molecule has 4 rings (SSSR count). The van der Waals surface area contributed by atoms with E-state index in [0.717, 1.165) is 43.0 Å². The molecule has 0 radical (unpaired) electrons. The number of hydrogen-bond acceptors (Lipinski definition) is 3. The van der Waals surface area contributed by atoms with Crippen LogP contribution in [0.25, 0.3) is 11.4 Å². The second kappa shape index (κ2) is 7.89. The molecule has 3 aromatic rings. The number of imidazole rings is 1. The van der Waals surface area contributed by atoms with Crippen molar-refractivity contribution in [3.8, 4) is 11.4 Å². The number of amides is 1. The normalized spacial score (nSPS) is 16.8. The van der Waals surface area contributed by atoms with Gasteiger partial charge in [0.2, 0.25) is 0 Å². The lowest BCUT2D eigenvalue weighted by Crippen LogP contribution is -2.45. The molecule has 0 bridgehead atoms. The predicted molar refractivity (Wildman–Crippen MR) is 112 cm³/mol. The Balaban J connectivity index is 1.46. The van der Waals surface area contributed by atoms with Crippen LogP contribution >= 0.6 is 0 Å². The number of nitrogens with one attached hydrogen (secondary N) is 2. The highest BCUT2D eigenvalue weighted by atomic mass is 16.2. The minimum absolute atomic E-state index is 0.0833. The summed E-state index contributed by atoms with van der Waals surface area (Å²) in [5.74, 6) is 0.863. The van der Waals surface area contributed by atoms with Gasteiger partial charge in [0.25, 0.3) is 5.91 Å². The maximum atomic E-state index is 13.1. The summed E-state index contributed by atoms with van der Waals surface area (Å²) >= 11 is 0. The topological polar surface area (TPSA) is 61.0 Å². The van der Waals surface area contributed by atoms with Gasteiger partial charge in [0.15, 0.2) is 0 Å². The molecule has 0 spiro atoms. The fourth-order valence-electron chi connectivity index (χ4n) is 3.75. The smallest absolute Gasteiger partial charge is 0.253 e. The van der Waals surface area contributed by atoms with E-state index in [1.54, 1.807) is 12.4 Å². The Morgan fingerprint density at radius 1 is 1.18 bits per heavy atom. The fraction of sp³-hybridized carbons (Fsp3) is 0.304. The first-order chi connectivity index (χ1) is 13.6. The number of nitrogens with zero attached hydrogens (tertiary/aromatic N) is 2.